The van der Waals surface area contributed by atoms with Crippen molar-refractivity contribution in [1.29, 1.82) is 0 Å². The van der Waals surface area contributed by atoms with Crippen molar-refractivity contribution in [2.45, 2.75) is 13.5 Å². The maximum Gasteiger partial charge on any atom is 0.292 e. The normalized spacial score (nSPS) is 10.3. The molecular formula is C11H10ClN3O3. The van der Waals surface area contributed by atoms with Gasteiger partial charge in [0.05, 0.1) is 11.5 Å². The third-order valence-electron chi connectivity index (χ3n) is 2.29. The summed E-state index contributed by atoms with van der Waals surface area (Å²) >= 11 is 5.81. The van der Waals surface area contributed by atoms with Crippen LogP contribution in [-0.2, 0) is 6.54 Å². The van der Waals surface area contributed by atoms with Crippen LogP contribution in [0.5, 0.6) is 0 Å². The second-order valence-corrected chi connectivity index (χ2v) is 4.14. The van der Waals surface area contributed by atoms with E-state index in [2.05, 4.69) is 10.5 Å². The first-order valence-corrected chi connectivity index (χ1v) is 5.54. The van der Waals surface area contributed by atoms with Crippen LogP contribution in [0.2, 0.25) is 5.02 Å². The molecule has 0 bridgehead atoms. The minimum atomic E-state index is -0.466. The van der Waals surface area contributed by atoms with Gasteiger partial charge < -0.3 is 9.84 Å². The molecule has 0 fully saturated rings. The largest absolute Gasteiger partial charge is 0.374 e. The molecule has 94 valence electrons. The number of nitrogens with one attached hydrogen (secondary N) is 1. The molecule has 1 heterocycles. The van der Waals surface area contributed by atoms with Gasteiger partial charge in [0.1, 0.15) is 17.1 Å². The standard InChI is InChI=1S/C11H10ClN3O3/c1-7-4-9(14-18-7)6-13-10-5-8(12)2-3-11(10)15(16)17/h2-5,13H,6H2,1H3. The molecule has 6 nitrogen and oxygen atoms in total. The lowest BCUT2D eigenvalue weighted by Gasteiger charge is -2.05. The molecule has 0 aliphatic heterocycles. The molecule has 0 saturated heterocycles. The summed E-state index contributed by atoms with van der Waals surface area (Å²) in [5, 5.41) is 18.0. The van der Waals surface area contributed by atoms with Crippen LogP contribution in [0, 0.1) is 17.0 Å². The summed E-state index contributed by atoms with van der Waals surface area (Å²) in [4.78, 5) is 10.4. The number of rotatable bonds is 4. The van der Waals surface area contributed by atoms with E-state index in [0.717, 1.165) is 0 Å². The topological polar surface area (TPSA) is 81.2 Å². The van der Waals surface area contributed by atoms with Gasteiger partial charge in [-0.3, -0.25) is 10.1 Å². The fourth-order valence-corrected chi connectivity index (χ4v) is 1.67. The number of aromatic nitrogens is 1. The Bertz CT molecular complexity index is 583. The van der Waals surface area contributed by atoms with Gasteiger partial charge in [-0.2, -0.15) is 0 Å². The number of nitro groups is 1. The smallest absolute Gasteiger partial charge is 0.292 e. The van der Waals surface area contributed by atoms with Crippen LogP contribution in [0.1, 0.15) is 11.5 Å². The van der Waals surface area contributed by atoms with Gasteiger partial charge in [-0.05, 0) is 19.1 Å². The lowest BCUT2D eigenvalue weighted by molar-refractivity contribution is -0.384. The van der Waals surface area contributed by atoms with Gasteiger partial charge in [-0.15, -0.1) is 0 Å². The number of hydrogen-bond donors (Lipinski definition) is 1. The quantitative estimate of drug-likeness (QED) is 0.680. The van der Waals surface area contributed by atoms with E-state index in [9.17, 15) is 10.1 Å². The molecule has 2 rings (SSSR count). The predicted octanol–water partition coefficient (Wildman–Crippen LogP) is 3.16. The summed E-state index contributed by atoms with van der Waals surface area (Å²) in [5.41, 5.74) is 0.995. The third kappa shape index (κ3) is 2.78. The Kier molecular flexibility index (Phi) is 3.47. The minimum Gasteiger partial charge on any atom is -0.374 e. The number of nitro benzene ring substituents is 1. The number of anilines is 1. The first-order valence-electron chi connectivity index (χ1n) is 5.16. The first kappa shape index (κ1) is 12.4. The minimum absolute atomic E-state index is 0.0281. The second kappa shape index (κ2) is 5.05. The Morgan fingerprint density at radius 2 is 2.28 bits per heavy atom. The zero-order valence-corrected chi connectivity index (χ0v) is 10.3. The molecule has 1 aromatic carbocycles. The number of halogens is 1. The summed E-state index contributed by atoms with van der Waals surface area (Å²) in [6.45, 7) is 2.11. The third-order valence-corrected chi connectivity index (χ3v) is 2.53. The van der Waals surface area contributed by atoms with E-state index >= 15 is 0 Å². The van der Waals surface area contributed by atoms with E-state index in [1.807, 2.05) is 0 Å². The van der Waals surface area contributed by atoms with E-state index in [0.29, 0.717) is 28.7 Å². The maximum absolute atomic E-state index is 10.8. The average Bonchev–Trinajstić information content (AvgIpc) is 2.72. The van der Waals surface area contributed by atoms with Crippen LogP contribution in [0.4, 0.5) is 11.4 Å². The molecule has 0 saturated carbocycles. The van der Waals surface area contributed by atoms with Gasteiger partial charge in [0, 0.05) is 17.2 Å². The Morgan fingerprint density at radius 1 is 1.50 bits per heavy atom. The molecule has 7 heteroatoms. The summed E-state index contributed by atoms with van der Waals surface area (Å²) in [6.07, 6.45) is 0. The molecule has 0 atom stereocenters. The van der Waals surface area contributed by atoms with Crippen molar-refractivity contribution in [2.75, 3.05) is 5.32 Å². The Hall–Kier alpha value is -2.08. The van der Waals surface area contributed by atoms with Gasteiger partial charge in [0.15, 0.2) is 0 Å². The molecule has 1 N–H and O–H groups in total. The predicted molar refractivity (Wildman–Crippen MR) is 66.7 cm³/mol. The highest BCUT2D eigenvalue weighted by molar-refractivity contribution is 6.31. The van der Waals surface area contributed by atoms with Crippen molar-refractivity contribution in [3.8, 4) is 0 Å². The highest BCUT2D eigenvalue weighted by atomic mass is 35.5. The molecule has 0 radical (unpaired) electrons. The van der Waals surface area contributed by atoms with Crippen LogP contribution < -0.4 is 5.32 Å². The summed E-state index contributed by atoms with van der Waals surface area (Å²) < 4.78 is 4.90. The molecule has 2 aromatic rings. The molecule has 0 amide bonds. The van der Waals surface area contributed by atoms with Crippen LogP contribution >= 0.6 is 11.6 Å². The fraction of sp³-hybridized carbons (Fsp3) is 0.182. The lowest BCUT2D eigenvalue weighted by atomic mass is 10.2. The van der Waals surface area contributed by atoms with Crippen LogP contribution in [0.3, 0.4) is 0 Å². The van der Waals surface area contributed by atoms with E-state index in [-0.39, 0.29) is 5.69 Å². The van der Waals surface area contributed by atoms with Gasteiger partial charge in [-0.25, -0.2) is 0 Å². The molecule has 18 heavy (non-hydrogen) atoms. The van der Waals surface area contributed by atoms with E-state index in [1.165, 1.54) is 18.2 Å². The first-order chi connectivity index (χ1) is 8.56. The fourth-order valence-electron chi connectivity index (χ4n) is 1.50. The average molecular weight is 268 g/mol. The van der Waals surface area contributed by atoms with Crippen molar-refractivity contribution in [2.24, 2.45) is 0 Å². The van der Waals surface area contributed by atoms with Crippen molar-refractivity contribution in [3.05, 3.63) is 50.9 Å². The number of nitrogens with zero attached hydrogens (tertiary/aromatic N) is 2. The van der Waals surface area contributed by atoms with E-state index in [1.54, 1.807) is 13.0 Å². The number of aryl methyl sites for hydroxylation is 1. The van der Waals surface area contributed by atoms with Gasteiger partial charge in [0.2, 0.25) is 0 Å². The van der Waals surface area contributed by atoms with Gasteiger partial charge in [-0.1, -0.05) is 16.8 Å². The van der Waals surface area contributed by atoms with E-state index < -0.39 is 4.92 Å². The Balaban J connectivity index is 2.17. The van der Waals surface area contributed by atoms with Crippen molar-refractivity contribution < 1.29 is 9.45 Å². The molecule has 0 aliphatic carbocycles. The lowest BCUT2D eigenvalue weighted by Crippen LogP contribution is -2.02. The molecule has 0 aliphatic rings. The second-order valence-electron chi connectivity index (χ2n) is 3.70. The summed E-state index contributed by atoms with van der Waals surface area (Å²) in [7, 11) is 0. The summed E-state index contributed by atoms with van der Waals surface area (Å²) in [6, 6.07) is 6.10. The molecule has 0 spiro atoms. The van der Waals surface area contributed by atoms with Crippen molar-refractivity contribution >= 4 is 23.0 Å². The highest BCUT2D eigenvalue weighted by Crippen LogP contribution is 2.27. The van der Waals surface area contributed by atoms with Crippen molar-refractivity contribution in [1.82, 2.24) is 5.16 Å². The van der Waals surface area contributed by atoms with Gasteiger partial charge >= 0.3 is 0 Å². The SMILES string of the molecule is Cc1cc(CNc2cc(Cl)ccc2[N+](=O)[O-])no1. The molecule has 1 aromatic heterocycles. The number of hydrogen-bond acceptors (Lipinski definition) is 5. The van der Waals surface area contributed by atoms with Crippen LogP contribution in [0.15, 0.2) is 28.8 Å². The zero-order chi connectivity index (χ0) is 13.1. The molecule has 0 unspecified atom stereocenters. The Morgan fingerprint density at radius 3 is 2.89 bits per heavy atom. The highest BCUT2D eigenvalue weighted by Gasteiger charge is 2.14. The zero-order valence-electron chi connectivity index (χ0n) is 9.51. The van der Waals surface area contributed by atoms with Crippen LogP contribution in [0.25, 0.3) is 0 Å². The Labute approximate surface area is 108 Å². The number of benzene rings is 1. The summed E-state index contributed by atoms with van der Waals surface area (Å²) in [5.74, 6) is 0.687. The van der Waals surface area contributed by atoms with Gasteiger partial charge in [0.25, 0.3) is 5.69 Å². The molecular weight excluding hydrogens is 258 g/mol. The van der Waals surface area contributed by atoms with E-state index in [4.69, 9.17) is 16.1 Å². The van der Waals surface area contributed by atoms with Crippen molar-refractivity contribution in [3.63, 3.8) is 0 Å². The maximum atomic E-state index is 10.8. The monoisotopic (exact) mass is 267 g/mol. The van der Waals surface area contributed by atoms with Crippen LogP contribution in [-0.4, -0.2) is 10.1 Å².